The normalized spacial score (nSPS) is 11.1. The number of thioether (sulfide) groups is 1. The van der Waals surface area contributed by atoms with Crippen LogP contribution in [0, 0.1) is 6.92 Å². The van der Waals surface area contributed by atoms with Crippen molar-refractivity contribution in [1.82, 2.24) is 15.1 Å². The predicted octanol–water partition coefficient (Wildman–Crippen LogP) is 2.60. The molecule has 0 aliphatic carbocycles. The summed E-state index contributed by atoms with van der Waals surface area (Å²) in [7, 11) is 0. The quantitative estimate of drug-likeness (QED) is 0.822. The van der Waals surface area contributed by atoms with Crippen LogP contribution in [0.2, 0.25) is 0 Å². The fourth-order valence-electron chi connectivity index (χ4n) is 1.45. The minimum Gasteiger partial charge on any atom is -0.333 e. The first-order valence-corrected chi connectivity index (χ1v) is 7.78. The van der Waals surface area contributed by atoms with E-state index in [9.17, 15) is 0 Å². The largest absolute Gasteiger partial charge is 0.333 e. The highest BCUT2D eigenvalue weighted by molar-refractivity contribution is 7.98. The molecule has 2 aromatic heterocycles. The topological polar surface area (TPSA) is 77.8 Å². The Morgan fingerprint density at radius 1 is 1.39 bits per heavy atom. The number of nitrogens with two attached hydrogens (primary N) is 1. The minimum atomic E-state index is 0.443. The predicted molar refractivity (Wildman–Crippen MR) is 74.5 cm³/mol. The molecular weight excluding hydrogens is 268 g/mol. The lowest BCUT2D eigenvalue weighted by Crippen LogP contribution is -1.94. The zero-order chi connectivity index (χ0) is 13.0. The minimum absolute atomic E-state index is 0.443. The van der Waals surface area contributed by atoms with E-state index in [0.29, 0.717) is 12.4 Å². The van der Waals surface area contributed by atoms with E-state index in [0.717, 1.165) is 39.3 Å². The number of aryl methyl sites for hydroxylation is 1. The summed E-state index contributed by atoms with van der Waals surface area (Å²) in [6.45, 7) is 4.53. The molecule has 0 saturated heterocycles. The maximum absolute atomic E-state index is 5.57. The van der Waals surface area contributed by atoms with Gasteiger partial charge >= 0.3 is 0 Å². The number of nitrogens with zero attached hydrogens (tertiary/aromatic N) is 3. The summed E-state index contributed by atoms with van der Waals surface area (Å²) < 4.78 is 5.28. The monoisotopic (exact) mass is 284 g/mol. The van der Waals surface area contributed by atoms with Crippen molar-refractivity contribution in [3.63, 3.8) is 0 Å². The van der Waals surface area contributed by atoms with Gasteiger partial charge in [-0.3, -0.25) is 0 Å². The maximum atomic E-state index is 5.57. The van der Waals surface area contributed by atoms with Gasteiger partial charge in [-0.05, 0) is 19.1 Å². The van der Waals surface area contributed by atoms with E-state index in [4.69, 9.17) is 10.3 Å². The number of aromatic nitrogens is 3. The zero-order valence-corrected chi connectivity index (χ0v) is 12.1. The van der Waals surface area contributed by atoms with Gasteiger partial charge in [0.2, 0.25) is 0 Å². The van der Waals surface area contributed by atoms with Crippen molar-refractivity contribution in [2.45, 2.75) is 32.6 Å². The van der Waals surface area contributed by atoms with Crippen LogP contribution in [0.4, 0.5) is 0 Å². The lowest BCUT2D eigenvalue weighted by atomic mass is 10.4. The van der Waals surface area contributed by atoms with E-state index in [1.807, 2.05) is 18.7 Å². The van der Waals surface area contributed by atoms with E-state index < -0.39 is 0 Å². The van der Waals surface area contributed by atoms with Crippen LogP contribution in [0.3, 0.4) is 0 Å². The van der Waals surface area contributed by atoms with Gasteiger partial charge in [-0.15, -0.1) is 11.3 Å². The zero-order valence-electron chi connectivity index (χ0n) is 10.5. The van der Waals surface area contributed by atoms with Crippen molar-refractivity contribution in [2.24, 2.45) is 5.73 Å². The third-order valence-corrected chi connectivity index (χ3v) is 4.58. The Hall–Kier alpha value is -0.920. The second kappa shape index (κ2) is 6.31. The van der Waals surface area contributed by atoms with Crippen LogP contribution in [0.25, 0.3) is 10.8 Å². The Labute approximate surface area is 114 Å². The van der Waals surface area contributed by atoms with Crippen LogP contribution in [0.15, 0.2) is 4.52 Å². The molecule has 7 heteroatoms. The second-order valence-electron chi connectivity index (χ2n) is 3.79. The molecule has 18 heavy (non-hydrogen) atoms. The Bertz CT molecular complexity index is 509. The van der Waals surface area contributed by atoms with Gasteiger partial charge in [0.15, 0.2) is 5.82 Å². The first kappa shape index (κ1) is 13.5. The maximum Gasteiger partial charge on any atom is 0.269 e. The standard InChI is InChI=1S/C11H16N4OS2/c1-3-4-17-6-8-14-11(16-15-8)10-7(2)13-9(5-12)18-10/h3-6,12H2,1-2H3. The van der Waals surface area contributed by atoms with Crippen LogP contribution in [0.5, 0.6) is 0 Å². The van der Waals surface area contributed by atoms with E-state index in [1.54, 1.807) is 0 Å². The van der Waals surface area contributed by atoms with Crippen LogP contribution >= 0.6 is 23.1 Å². The molecule has 0 unspecified atom stereocenters. The number of hydrogen-bond acceptors (Lipinski definition) is 7. The van der Waals surface area contributed by atoms with Gasteiger partial charge < -0.3 is 10.3 Å². The molecule has 98 valence electrons. The highest BCUT2D eigenvalue weighted by atomic mass is 32.2. The summed E-state index contributed by atoms with van der Waals surface area (Å²) in [6.07, 6.45) is 1.16. The highest BCUT2D eigenvalue weighted by Crippen LogP contribution is 2.28. The molecule has 2 N–H and O–H groups in total. The Balaban J connectivity index is 2.11. The third kappa shape index (κ3) is 3.09. The molecular formula is C11H16N4OS2. The molecule has 0 radical (unpaired) electrons. The summed E-state index contributed by atoms with van der Waals surface area (Å²) >= 11 is 3.33. The van der Waals surface area contributed by atoms with E-state index in [-0.39, 0.29) is 0 Å². The fourth-order valence-corrected chi connectivity index (χ4v) is 3.05. The summed E-state index contributed by atoms with van der Waals surface area (Å²) in [4.78, 5) is 9.67. The molecule has 0 fully saturated rings. The van der Waals surface area contributed by atoms with Crippen LogP contribution < -0.4 is 5.73 Å². The van der Waals surface area contributed by atoms with Crippen molar-refractivity contribution in [1.29, 1.82) is 0 Å². The second-order valence-corrected chi connectivity index (χ2v) is 5.98. The Morgan fingerprint density at radius 2 is 2.22 bits per heavy atom. The van der Waals surface area contributed by atoms with Crippen LogP contribution in [-0.2, 0) is 12.3 Å². The highest BCUT2D eigenvalue weighted by Gasteiger charge is 2.15. The SMILES string of the molecule is CCCSCc1noc(-c2sc(CN)nc2C)n1. The van der Waals surface area contributed by atoms with E-state index in [2.05, 4.69) is 22.0 Å². The molecule has 0 amide bonds. The fraction of sp³-hybridized carbons (Fsp3) is 0.545. The third-order valence-electron chi connectivity index (χ3n) is 2.26. The van der Waals surface area contributed by atoms with Crippen LogP contribution in [0.1, 0.15) is 29.9 Å². The van der Waals surface area contributed by atoms with E-state index >= 15 is 0 Å². The Morgan fingerprint density at radius 3 is 2.89 bits per heavy atom. The summed E-state index contributed by atoms with van der Waals surface area (Å²) in [5.41, 5.74) is 6.47. The van der Waals surface area contributed by atoms with Crippen molar-refractivity contribution in [3.05, 3.63) is 16.5 Å². The number of rotatable bonds is 6. The van der Waals surface area contributed by atoms with Gasteiger partial charge in [0, 0.05) is 6.54 Å². The van der Waals surface area contributed by atoms with Gasteiger partial charge in [-0.1, -0.05) is 12.1 Å². The van der Waals surface area contributed by atoms with Gasteiger partial charge in [0.1, 0.15) is 9.88 Å². The van der Waals surface area contributed by atoms with Gasteiger partial charge in [0.05, 0.1) is 11.4 Å². The molecule has 2 heterocycles. The van der Waals surface area contributed by atoms with E-state index in [1.165, 1.54) is 11.3 Å². The first-order chi connectivity index (χ1) is 8.74. The van der Waals surface area contributed by atoms with Crippen molar-refractivity contribution in [3.8, 4) is 10.8 Å². The molecule has 0 aliphatic heterocycles. The smallest absolute Gasteiger partial charge is 0.269 e. The molecule has 0 bridgehead atoms. The van der Waals surface area contributed by atoms with Gasteiger partial charge in [0.25, 0.3) is 5.89 Å². The average Bonchev–Trinajstić information content (AvgIpc) is 2.96. The molecule has 0 aromatic carbocycles. The molecule has 0 atom stereocenters. The molecule has 0 aliphatic rings. The van der Waals surface area contributed by atoms with Gasteiger partial charge in [-0.25, -0.2) is 4.98 Å². The summed E-state index contributed by atoms with van der Waals surface area (Å²) in [5.74, 6) is 3.20. The summed E-state index contributed by atoms with van der Waals surface area (Å²) in [5, 5.41) is 4.87. The first-order valence-electron chi connectivity index (χ1n) is 5.81. The van der Waals surface area contributed by atoms with Gasteiger partial charge in [-0.2, -0.15) is 16.7 Å². The lowest BCUT2D eigenvalue weighted by molar-refractivity contribution is 0.425. The number of thiazole rings is 1. The Kier molecular flexibility index (Phi) is 4.73. The number of hydrogen-bond donors (Lipinski definition) is 1. The molecule has 5 nitrogen and oxygen atoms in total. The van der Waals surface area contributed by atoms with Crippen molar-refractivity contribution in [2.75, 3.05) is 5.75 Å². The molecule has 0 spiro atoms. The lowest BCUT2D eigenvalue weighted by Gasteiger charge is -1.91. The average molecular weight is 284 g/mol. The molecule has 2 rings (SSSR count). The van der Waals surface area contributed by atoms with Crippen molar-refractivity contribution >= 4 is 23.1 Å². The summed E-state index contributed by atoms with van der Waals surface area (Å²) in [6, 6.07) is 0. The molecule has 0 saturated carbocycles. The molecule has 2 aromatic rings. The van der Waals surface area contributed by atoms with Crippen LogP contribution in [-0.4, -0.2) is 20.9 Å². The van der Waals surface area contributed by atoms with Crippen molar-refractivity contribution < 1.29 is 4.52 Å².